The predicted octanol–water partition coefficient (Wildman–Crippen LogP) is 1.91. The first kappa shape index (κ1) is 13.9. The molecule has 0 amide bonds. The molecule has 1 atom stereocenters. The molecule has 1 heterocycles. The molecule has 19 heavy (non-hydrogen) atoms. The first-order chi connectivity index (χ1) is 9.28. The van der Waals surface area contributed by atoms with Crippen molar-refractivity contribution in [3.63, 3.8) is 0 Å². The molecule has 4 nitrogen and oxygen atoms in total. The Labute approximate surface area is 114 Å². The highest BCUT2D eigenvalue weighted by Gasteiger charge is 2.21. The summed E-state index contributed by atoms with van der Waals surface area (Å²) < 4.78 is 5.15. The minimum Gasteiger partial charge on any atom is -0.495 e. The van der Waals surface area contributed by atoms with Crippen LogP contribution in [-0.4, -0.2) is 36.3 Å². The van der Waals surface area contributed by atoms with Gasteiger partial charge in [0.1, 0.15) is 11.8 Å². The largest absolute Gasteiger partial charge is 0.495 e. The molecule has 2 rings (SSSR count). The number of nitrogens with zero attached hydrogens (tertiary/aromatic N) is 2. The van der Waals surface area contributed by atoms with Gasteiger partial charge in [-0.2, -0.15) is 5.26 Å². The Bertz CT molecular complexity index is 468. The van der Waals surface area contributed by atoms with Crippen molar-refractivity contribution in [1.82, 2.24) is 4.90 Å². The normalized spacial score (nSPS) is 19.9. The smallest absolute Gasteiger partial charge is 0.136 e. The van der Waals surface area contributed by atoms with Gasteiger partial charge in [-0.3, -0.25) is 4.90 Å². The summed E-state index contributed by atoms with van der Waals surface area (Å²) in [7, 11) is 1.57. The molecule has 1 saturated heterocycles. The van der Waals surface area contributed by atoms with E-state index in [1.54, 1.807) is 7.11 Å². The molecule has 0 unspecified atom stereocenters. The van der Waals surface area contributed by atoms with Crippen molar-refractivity contribution in [1.29, 1.82) is 5.26 Å². The summed E-state index contributed by atoms with van der Waals surface area (Å²) in [4.78, 5) is 2.30. The molecule has 0 aromatic heterocycles. The van der Waals surface area contributed by atoms with Gasteiger partial charge in [-0.05, 0) is 37.1 Å². The first-order valence-electron chi connectivity index (χ1n) is 6.70. The highest BCUT2D eigenvalue weighted by Crippen LogP contribution is 2.23. The predicted molar refractivity (Wildman–Crippen MR) is 72.8 cm³/mol. The number of nitriles is 1. The van der Waals surface area contributed by atoms with Crippen LogP contribution in [0.4, 0.5) is 0 Å². The van der Waals surface area contributed by atoms with Crippen molar-refractivity contribution < 1.29 is 9.84 Å². The van der Waals surface area contributed by atoms with Crippen LogP contribution in [-0.2, 0) is 6.54 Å². The fraction of sp³-hybridized carbons (Fsp3) is 0.533. The molecule has 1 aromatic carbocycles. The maximum Gasteiger partial charge on any atom is 0.136 e. The number of ether oxygens (including phenoxy) is 1. The Morgan fingerprint density at radius 2 is 2.32 bits per heavy atom. The third-order valence-corrected chi connectivity index (χ3v) is 3.73. The third-order valence-electron chi connectivity index (χ3n) is 3.73. The van der Waals surface area contributed by atoms with E-state index in [1.807, 2.05) is 18.2 Å². The van der Waals surface area contributed by atoms with E-state index in [0.717, 1.165) is 25.1 Å². The van der Waals surface area contributed by atoms with Gasteiger partial charge in [0, 0.05) is 12.6 Å². The van der Waals surface area contributed by atoms with Crippen LogP contribution >= 0.6 is 0 Å². The van der Waals surface area contributed by atoms with Gasteiger partial charge in [0.2, 0.25) is 0 Å². The zero-order valence-electron chi connectivity index (χ0n) is 11.3. The van der Waals surface area contributed by atoms with Crippen molar-refractivity contribution in [2.45, 2.75) is 31.8 Å². The molecular weight excluding hydrogens is 240 g/mol. The number of likely N-dealkylation sites (tertiary alicyclic amines) is 1. The Balaban J connectivity index is 2.12. The molecule has 1 aliphatic rings. The van der Waals surface area contributed by atoms with E-state index in [0.29, 0.717) is 11.3 Å². The highest BCUT2D eigenvalue weighted by atomic mass is 16.5. The van der Waals surface area contributed by atoms with Crippen LogP contribution in [0.1, 0.15) is 30.4 Å². The molecule has 0 spiro atoms. The highest BCUT2D eigenvalue weighted by molar-refractivity contribution is 5.45. The maximum atomic E-state index is 9.41. The molecular formula is C15H20N2O2. The van der Waals surface area contributed by atoms with Crippen LogP contribution in [0.5, 0.6) is 5.75 Å². The van der Waals surface area contributed by atoms with Crippen LogP contribution in [0, 0.1) is 11.3 Å². The van der Waals surface area contributed by atoms with Gasteiger partial charge in [0.15, 0.2) is 0 Å². The average Bonchev–Trinajstić information content (AvgIpc) is 2.47. The number of aliphatic hydroxyl groups is 1. The van der Waals surface area contributed by atoms with Crippen molar-refractivity contribution in [3.05, 3.63) is 29.3 Å². The number of aliphatic hydroxyl groups excluding tert-OH is 1. The van der Waals surface area contributed by atoms with Crippen molar-refractivity contribution in [2.75, 3.05) is 20.3 Å². The van der Waals surface area contributed by atoms with Crippen LogP contribution in [0.3, 0.4) is 0 Å². The summed E-state index contributed by atoms with van der Waals surface area (Å²) in [6, 6.07) is 8.11. The van der Waals surface area contributed by atoms with Crippen LogP contribution in [0.15, 0.2) is 18.2 Å². The summed E-state index contributed by atoms with van der Waals surface area (Å²) in [5, 5.41) is 18.5. The van der Waals surface area contributed by atoms with Crippen molar-refractivity contribution in [2.24, 2.45) is 0 Å². The molecule has 4 heteroatoms. The number of hydrogen-bond acceptors (Lipinski definition) is 4. The Morgan fingerprint density at radius 3 is 3.00 bits per heavy atom. The number of piperidine rings is 1. The number of rotatable bonds is 4. The zero-order valence-corrected chi connectivity index (χ0v) is 11.3. The first-order valence-corrected chi connectivity index (χ1v) is 6.70. The summed E-state index contributed by atoms with van der Waals surface area (Å²) in [5.74, 6) is 0.614. The van der Waals surface area contributed by atoms with E-state index < -0.39 is 0 Å². The number of methoxy groups -OCH3 is 1. The Hall–Kier alpha value is -1.57. The monoisotopic (exact) mass is 260 g/mol. The van der Waals surface area contributed by atoms with E-state index in [4.69, 9.17) is 10.00 Å². The average molecular weight is 260 g/mol. The van der Waals surface area contributed by atoms with E-state index >= 15 is 0 Å². The van der Waals surface area contributed by atoms with E-state index in [1.165, 1.54) is 12.8 Å². The summed E-state index contributed by atoms with van der Waals surface area (Å²) in [6.45, 7) is 2.00. The van der Waals surface area contributed by atoms with Gasteiger partial charge in [0.05, 0.1) is 19.3 Å². The van der Waals surface area contributed by atoms with Crippen molar-refractivity contribution in [3.8, 4) is 11.8 Å². The van der Waals surface area contributed by atoms with Gasteiger partial charge in [0.25, 0.3) is 0 Å². The maximum absolute atomic E-state index is 9.41. The number of benzene rings is 1. The van der Waals surface area contributed by atoms with Crippen LogP contribution in [0.2, 0.25) is 0 Å². The van der Waals surface area contributed by atoms with Crippen LogP contribution in [0.25, 0.3) is 0 Å². The summed E-state index contributed by atoms with van der Waals surface area (Å²) in [6.07, 6.45) is 3.42. The molecule has 102 valence electrons. The van der Waals surface area contributed by atoms with E-state index in [9.17, 15) is 5.11 Å². The van der Waals surface area contributed by atoms with Crippen molar-refractivity contribution >= 4 is 0 Å². The zero-order chi connectivity index (χ0) is 13.7. The fourth-order valence-corrected chi connectivity index (χ4v) is 2.65. The molecule has 1 aromatic rings. The lowest BCUT2D eigenvalue weighted by molar-refractivity contribution is 0.0841. The standard InChI is InChI=1S/C15H20N2O2/c1-19-15-6-5-12(8-13(15)9-16)10-17-7-3-2-4-14(17)11-18/h5-6,8,14,18H,2-4,7,10-11H2,1H3/t14-/m1/s1. The second kappa shape index (κ2) is 6.55. The number of hydrogen-bond donors (Lipinski definition) is 1. The van der Waals surface area contributed by atoms with E-state index in [-0.39, 0.29) is 12.6 Å². The fourth-order valence-electron chi connectivity index (χ4n) is 2.65. The topological polar surface area (TPSA) is 56.5 Å². The summed E-state index contributed by atoms with van der Waals surface area (Å²) in [5.41, 5.74) is 1.66. The lowest BCUT2D eigenvalue weighted by atomic mass is 10.0. The minimum atomic E-state index is 0.210. The van der Waals surface area contributed by atoms with Gasteiger partial charge in [-0.25, -0.2) is 0 Å². The molecule has 1 aliphatic heterocycles. The second-order valence-electron chi connectivity index (χ2n) is 4.95. The molecule has 1 fully saturated rings. The van der Waals surface area contributed by atoms with Gasteiger partial charge in [-0.15, -0.1) is 0 Å². The second-order valence-corrected chi connectivity index (χ2v) is 4.95. The third kappa shape index (κ3) is 3.25. The lowest BCUT2D eigenvalue weighted by Crippen LogP contribution is -2.41. The summed E-state index contributed by atoms with van der Waals surface area (Å²) >= 11 is 0. The Kier molecular flexibility index (Phi) is 4.78. The molecule has 0 aliphatic carbocycles. The van der Waals surface area contributed by atoms with E-state index in [2.05, 4.69) is 11.0 Å². The van der Waals surface area contributed by atoms with Crippen LogP contribution < -0.4 is 4.74 Å². The minimum absolute atomic E-state index is 0.210. The molecule has 0 radical (unpaired) electrons. The molecule has 0 bridgehead atoms. The Morgan fingerprint density at radius 1 is 1.47 bits per heavy atom. The molecule has 1 N–H and O–H groups in total. The molecule has 0 saturated carbocycles. The van der Waals surface area contributed by atoms with Gasteiger partial charge in [-0.1, -0.05) is 12.5 Å². The van der Waals surface area contributed by atoms with Gasteiger partial charge < -0.3 is 9.84 Å². The lowest BCUT2D eigenvalue weighted by Gasteiger charge is -2.34. The quantitative estimate of drug-likeness (QED) is 0.898. The van der Waals surface area contributed by atoms with Gasteiger partial charge >= 0.3 is 0 Å². The SMILES string of the molecule is COc1ccc(CN2CCCC[C@@H]2CO)cc1C#N.